The summed E-state index contributed by atoms with van der Waals surface area (Å²) in [7, 11) is -3.86. The largest absolute Gasteiger partial charge is 0.416 e. The van der Waals surface area contributed by atoms with Crippen molar-refractivity contribution in [1.29, 1.82) is 0 Å². The van der Waals surface area contributed by atoms with E-state index in [9.17, 15) is 21.6 Å². The van der Waals surface area contributed by atoms with E-state index in [-0.39, 0.29) is 17.5 Å². The topological polar surface area (TPSA) is 49.4 Å². The molecular formula is C18H19F3N2O2S. The first-order valence-electron chi connectivity index (χ1n) is 8.26. The monoisotopic (exact) mass is 384 g/mol. The molecule has 0 aliphatic carbocycles. The van der Waals surface area contributed by atoms with Gasteiger partial charge in [-0.1, -0.05) is 18.2 Å². The van der Waals surface area contributed by atoms with Crippen molar-refractivity contribution in [2.45, 2.75) is 30.0 Å². The number of halogens is 3. The van der Waals surface area contributed by atoms with E-state index in [1.807, 2.05) is 30.3 Å². The van der Waals surface area contributed by atoms with Gasteiger partial charge in [0.2, 0.25) is 10.0 Å². The Bertz CT molecular complexity index is 837. The van der Waals surface area contributed by atoms with Gasteiger partial charge in [0.25, 0.3) is 0 Å². The summed E-state index contributed by atoms with van der Waals surface area (Å²) in [5, 5.41) is 0. The molecule has 0 radical (unpaired) electrons. The lowest BCUT2D eigenvalue weighted by Gasteiger charge is -2.27. The van der Waals surface area contributed by atoms with Crippen LogP contribution in [0.1, 0.15) is 18.4 Å². The number of anilines is 1. The summed E-state index contributed by atoms with van der Waals surface area (Å²) >= 11 is 0. The van der Waals surface area contributed by atoms with E-state index in [0.717, 1.165) is 49.3 Å². The van der Waals surface area contributed by atoms with Crippen LogP contribution in [0.25, 0.3) is 0 Å². The van der Waals surface area contributed by atoms with Crippen LogP contribution in [0.5, 0.6) is 0 Å². The van der Waals surface area contributed by atoms with Crippen molar-refractivity contribution in [1.82, 2.24) is 4.72 Å². The molecule has 1 aliphatic rings. The molecule has 1 unspecified atom stereocenters. The van der Waals surface area contributed by atoms with E-state index < -0.39 is 21.8 Å². The highest BCUT2D eigenvalue weighted by Crippen LogP contribution is 2.30. The van der Waals surface area contributed by atoms with Gasteiger partial charge in [-0.25, -0.2) is 13.1 Å². The summed E-state index contributed by atoms with van der Waals surface area (Å²) in [4.78, 5) is 1.98. The number of nitrogens with zero attached hydrogens (tertiary/aromatic N) is 1. The average Bonchev–Trinajstić information content (AvgIpc) is 3.09. The first-order chi connectivity index (χ1) is 12.3. The highest BCUT2D eigenvalue weighted by atomic mass is 32.2. The highest BCUT2D eigenvalue weighted by Gasteiger charge is 2.31. The molecule has 0 aromatic heterocycles. The summed E-state index contributed by atoms with van der Waals surface area (Å²) in [5.74, 6) is 0. The van der Waals surface area contributed by atoms with Crippen LogP contribution in [-0.4, -0.2) is 27.5 Å². The second-order valence-corrected chi connectivity index (χ2v) is 7.97. The summed E-state index contributed by atoms with van der Waals surface area (Å²) in [6.45, 7) is 1.05. The molecule has 140 valence electrons. The maximum absolute atomic E-state index is 12.6. The van der Waals surface area contributed by atoms with Gasteiger partial charge in [0, 0.05) is 24.8 Å². The zero-order valence-electron chi connectivity index (χ0n) is 13.9. The molecule has 1 N–H and O–H groups in total. The number of alkyl halides is 3. The molecule has 4 nitrogen and oxygen atoms in total. The number of benzene rings is 2. The van der Waals surface area contributed by atoms with Gasteiger partial charge in [-0.3, -0.25) is 0 Å². The predicted octanol–water partition coefficient (Wildman–Crippen LogP) is 3.65. The van der Waals surface area contributed by atoms with E-state index >= 15 is 0 Å². The molecule has 0 amide bonds. The predicted molar refractivity (Wildman–Crippen MR) is 93.4 cm³/mol. The summed E-state index contributed by atoms with van der Waals surface area (Å²) in [6, 6.07) is 13.3. The van der Waals surface area contributed by atoms with Crippen molar-refractivity contribution >= 4 is 15.7 Å². The quantitative estimate of drug-likeness (QED) is 0.856. The minimum Gasteiger partial charge on any atom is -0.367 e. The maximum atomic E-state index is 12.6. The molecule has 0 saturated carbocycles. The molecule has 26 heavy (non-hydrogen) atoms. The highest BCUT2D eigenvalue weighted by molar-refractivity contribution is 7.89. The lowest BCUT2D eigenvalue weighted by molar-refractivity contribution is -0.137. The van der Waals surface area contributed by atoms with Crippen molar-refractivity contribution in [3.8, 4) is 0 Å². The van der Waals surface area contributed by atoms with Crippen molar-refractivity contribution in [3.05, 3.63) is 60.2 Å². The van der Waals surface area contributed by atoms with E-state index in [2.05, 4.69) is 9.62 Å². The third-order valence-electron chi connectivity index (χ3n) is 4.47. The van der Waals surface area contributed by atoms with Crippen LogP contribution < -0.4 is 9.62 Å². The van der Waals surface area contributed by atoms with Crippen LogP contribution >= 0.6 is 0 Å². The van der Waals surface area contributed by atoms with Crippen molar-refractivity contribution in [3.63, 3.8) is 0 Å². The third kappa shape index (κ3) is 4.19. The lowest BCUT2D eigenvalue weighted by atomic mass is 10.2. The number of hydrogen-bond donors (Lipinski definition) is 1. The Kier molecular flexibility index (Phi) is 5.24. The van der Waals surface area contributed by atoms with Gasteiger partial charge in [0.05, 0.1) is 10.5 Å². The van der Waals surface area contributed by atoms with E-state index in [4.69, 9.17) is 0 Å². The minimum atomic E-state index is -4.49. The fraction of sp³-hybridized carbons (Fsp3) is 0.333. The van der Waals surface area contributed by atoms with Gasteiger partial charge in [0.15, 0.2) is 0 Å². The van der Waals surface area contributed by atoms with Crippen molar-refractivity contribution in [2.75, 3.05) is 18.0 Å². The summed E-state index contributed by atoms with van der Waals surface area (Å²) < 4.78 is 65.1. The molecule has 0 bridgehead atoms. The number of hydrogen-bond acceptors (Lipinski definition) is 3. The number of sulfonamides is 1. The van der Waals surface area contributed by atoms with Crippen LogP contribution in [0.4, 0.5) is 18.9 Å². The van der Waals surface area contributed by atoms with Gasteiger partial charge in [-0.15, -0.1) is 0 Å². The van der Waals surface area contributed by atoms with Gasteiger partial charge in [-0.05, 0) is 49.2 Å². The molecule has 1 aliphatic heterocycles. The summed E-state index contributed by atoms with van der Waals surface area (Å²) in [6.07, 6.45) is -2.68. The molecular weight excluding hydrogens is 365 g/mol. The minimum absolute atomic E-state index is 0.0154. The second kappa shape index (κ2) is 7.28. The van der Waals surface area contributed by atoms with Gasteiger partial charge in [-0.2, -0.15) is 13.2 Å². The third-order valence-corrected chi connectivity index (χ3v) is 5.91. The molecule has 1 saturated heterocycles. The maximum Gasteiger partial charge on any atom is 0.416 e. The Labute approximate surface area is 150 Å². The molecule has 1 fully saturated rings. The molecule has 1 atom stereocenters. The first-order valence-corrected chi connectivity index (χ1v) is 9.74. The van der Waals surface area contributed by atoms with Crippen LogP contribution in [0.15, 0.2) is 59.5 Å². The molecule has 2 aromatic carbocycles. The lowest BCUT2D eigenvalue weighted by Crippen LogP contribution is -2.40. The van der Waals surface area contributed by atoms with Crippen LogP contribution in [0, 0.1) is 0 Å². The van der Waals surface area contributed by atoms with E-state index in [1.165, 1.54) is 0 Å². The average molecular weight is 384 g/mol. The Balaban J connectivity index is 1.68. The Morgan fingerprint density at radius 3 is 2.31 bits per heavy atom. The second-order valence-electron chi connectivity index (χ2n) is 6.20. The first kappa shape index (κ1) is 18.7. The molecule has 0 spiro atoms. The zero-order valence-corrected chi connectivity index (χ0v) is 14.7. The summed E-state index contributed by atoms with van der Waals surface area (Å²) in [5.41, 5.74) is 0.159. The molecule has 2 aromatic rings. The van der Waals surface area contributed by atoms with Gasteiger partial charge in [0.1, 0.15) is 0 Å². The number of para-hydroxylation sites is 1. The molecule has 8 heteroatoms. The van der Waals surface area contributed by atoms with Crippen molar-refractivity contribution in [2.24, 2.45) is 0 Å². The van der Waals surface area contributed by atoms with Gasteiger partial charge < -0.3 is 4.90 Å². The Hall–Kier alpha value is -2.06. The fourth-order valence-corrected chi connectivity index (χ4v) is 4.19. The van der Waals surface area contributed by atoms with E-state index in [1.54, 1.807) is 0 Å². The van der Waals surface area contributed by atoms with Crippen LogP contribution in [-0.2, 0) is 16.2 Å². The molecule has 1 heterocycles. The SMILES string of the molecule is O=S(=O)(NCC1CCCN1c1ccccc1)c1ccc(C(F)(F)F)cc1. The standard InChI is InChI=1S/C18H19F3N2O2S/c19-18(20,21)14-8-10-17(11-9-14)26(24,25)22-13-16-7-4-12-23(16)15-5-2-1-3-6-15/h1-3,5-6,8-11,16,22H,4,7,12-13H2. The smallest absolute Gasteiger partial charge is 0.367 e. The van der Waals surface area contributed by atoms with E-state index in [0.29, 0.717) is 0 Å². The fourth-order valence-electron chi connectivity index (χ4n) is 3.12. The van der Waals surface area contributed by atoms with Crippen molar-refractivity contribution < 1.29 is 21.6 Å². The Morgan fingerprint density at radius 1 is 1.04 bits per heavy atom. The normalized spacial score (nSPS) is 18.3. The van der Waals surface area contributed by atoms with Crippen LogP contribution in [0.3, 0.4) is 0 Å². The number of rotatable bonds is 5. The Morgan fingerprint density at radius 2 is 1.69 bits per heavy atom. The number of nitrogens with one attached hydrogen (secondary N) is 1. The van der Waals surface area contributed by atoms with Crippen LogP contribution in [0.2, 0.25) is 0 Å². The van der Waals surface area contributed by atoms with Gasteiger partial charge >= 0.3 is 6.18 Å². The molecule has 3 rings (SSSR count). The zero-order chi connectivity index (χ0) is 18.8.